The van der Waals surface area contributed by atoms with Crippen molar-refractivity contribution in [3.05, 3.63) is 29.3 Å². The molecule has 4 N–H and O–H groups in total. The smallest absolute Gasteiger partial charge is 0.185 e. The number of benzene rings is 1. The Morgan fingerprint density at radius 3 is 2.67 bits per heavy atom. The van der Waals surface area contributed by atoms with E-state index >= 15 is 0 Å². The molecule has 0 aliphatic carbocycles. The minimum atomic E-state index is -0.947. The molecular formula is C13H19NO3S. The predicted octanol–water partition coefficient (Wildman–Crippen LogP) is 1.64. The van der Waals surface area contributed by atoms with E-state index in [0.717, 1.165) is 17.3 Å². The number of carbonyl (C=O) groups is 1. The van der Waals surface area contributed by atoms with E-state index in [4.69, 9.17) is 5.73 Å². The Morgan fingerprint density at radius 1 is 1.44 bits per heavy atom. The van der Waals surface area contributed by atoms with Crippen molar-refractivity contribution >= 4 is 22.6 Å². The third-order valence-electron chi connectivity index (χ3n) is 2.72. The highest BCUT2D eigenvalue weighted by Crippen LogP contribution is 2.23. The first kappa shape index (κ1) is 15.0. The average molecular weight is 269 g/mol. The zero-order valence-corrected chi connectivity index (χ0v) is 11.4. The zero-order chi connectivity index (χ0) is 13.7. The molecule has 2 atom stereocenters. The van der Waals surface area contributed by atoms with Crippen molar-refractivity contribution < 1.29 is 15.0 Å². The second-order valence-corrected chi connectivity index (χ2v) is 5.53. The molecule has 2 unspecified atom stereocenters. The van der Waals surface area contributed by atoms with Crippen LogP contribution in [0.3, 0.4) is 0 Å². The van der Waals surface area contributed by atoms with Gasteiger partial charge in [0, 0.05) is 18.4 Å². The van der Waals surface area contributed by atoms with E-state index in [1.54, 1.807) is 18.2 Å². The molecule has 1 aromatic carbocycles. The molecule has 18 heavy (non-hydrogen) atoms. The Bertz CT molecular complexity index is 423. The van der Waals surface area contributed by atoms with Crippen LogP contribution in [0, 0.1) is 6.92 Å². The minimum absolute atomic E-state index is 0.0139. The fraction of sp³-hybridized carbons (Fsp3) is 0.462. The van der Waals surface area contributed by atoms with E-state index < -0.39 is 12.2 Å². The summed E-state index contributed by atoms with van der Waals surface area (Å²) in [5.41, 5.74) is 7.87. The van der Waals surface area contributed by atoms with Gasteiger partial charge in [0.25, 0.3) is 0 Å². The zero-order valence-electron chi connectivity index (χ0n) is 10.6. The van der Waals surface area contributed by atoms with E-state index in [2.05, 4.69) is 0 Å². The first-order chi connectivity index (χ1) is 8.41. The molecule has 0 spiro atoms. The van der Waals surface area contributed by atoms with Gasteiger partial charge in [-0.05, 0) is 30.5 Å². The van der Waals surface area contributed by atoms with Crippen molar-refractivity contribution in [1.82, 2.24) is 0 Å². The first-order valence-electron chi connectivity index (χ1n) is 5.77. The van der Waals surface area contributed by atoms with Gasteiger partial charge >= 0.3 is 0 Å². The number of hydrogen-bond acceptors (Lipinski definition) is 5. The van der Waals surface area contributed by atoms with E-state index in [9.17, 15) is 15.0 Å². The summed E-state index contributed by atoms with van der Waals surface area (Å²) in [7, 11) is 0. The standard InChI is InChI=1S/C13H19NO3S/c1-8-7-10(3-4-11(8)14)13(17)12(16)5-6-18-9(2)15/h3-4,7,12-13,16-17H,5-6,14H2,1-2H3. The third-order valence-corrected chi connectivity index (χ3v) is 3.57. The van der Waals surface area contributed by atoms with Crippen molar-refractivity contribution in [2.45, 2.75) is 32.5 Å². The van der Waals surface area contributed by atoms with Crippen molar-refractivity contribution in [3.63, 3.8) is 0 Å². The third kappa shape index (κ3) is 4.33. The topological polar surface area (TPSA) is 83.5 Å². The number of aliphatic hydroxyl groups is 2. The largest absolute Gasteiger partial charge is 0.399 e. The number of rotatable bonds is 5. The van der Waals surface area contributed by atoms with E-state index in [1.165, 1.54) is 6.92 Å². The Kier molecular flexibility index (Phi) is 5.65. The van der Waals surface area contributed by atoms with Gasteiger partial charge < -0.3 is 15.9 Å². The highest BCUT2D eigenvalue weighted by Gasteiger charge is 2.18. The van der Waals surface area contributed by atoms with Crippen LogP contribution in [0.1, 0.15) is 30.6 Å². The summed E-state index contributed by atoms with van der Waals surface area (Å²) in [6.45, 7) is 3.33. The molecule has 0 bridgehead atoms. The quantitative estimate of drug-likeness (QED) is 0.708. The van der Waals surface area contributed by atoms with Gasteiger partial charge in [-0.25, -0.2) is 0 Å². The SMILES string of the molecule is CC(=O)SCCC(O)C(O)c1ccc(N)c(C)c1. The highest BCUT2D eigenvalue weighted by atomic mass is 32.2. The molecule has 0 amide bonds. The fourth-order valence-electron chi connectivity index (χ4n) is 1.59. The van der Waals surface area contributed by atoms with Crippen LogP contribution in [0.5, 0.6) is 0 Å². The molecule has 0 saturated carbocycles. The molecule has 1 rings (SSSR count). The number of aliphatic hydroxyl groups excluding tert-OH is 2. The Balaban J connectivity index is 2.59. The predicted molar refractivity (Wildman–Crippen MR) is 74.3 cm³/mol. The van der Waals surface area contributed by atoms with Crippen LogP contribution in [-0.4, -0.2) is 27.2 Å². The summed E-state index contributed by atoms with van der Waals surface area (Å²) in [5, 5.41) is 19.8. The van der Waals surface area contributed by atoms with E-state index in [0.29, 0.717) is 23.4 Å². The summed E-state index contributed by atoms with van der Waals surface area (Å²) in [4.78, 5) is 10.8. The Hall–Kier alpha value is -1.04. The molecule has 1 aromatic rings. The van der Waals surface area contributed by atoms with Crippen molar-refractivity contribution in [2.24, 2.45) is 0 Å². The number of nitrogens with two attached hydrogens (primary N) is 1. The molecule has 0 aliphatic rings. The molecule has 0 aliphatic heterocycles. The van der Waals surface area contributed by atoms with E-state index in [-0.39, 0.29) is 5.12 Å². The normalized spacial score (nSPS) is 14.2. The number of nitrogen functional groups attached to an aromatic ring is 1. The molecule has 0 radical (unpaired) electrons. The summed E-state index contributed by atoms with van der Waals surface area (Å²) in [5.74, 6) is 0.502. The maximum absolute atomic E-state index is 10.8. The van der Waals surface area contributed by atoms with Crippen LogP contribution < -0.4 is 5.73 Å². The summed E-state index contributed by atoms with van der Waals surface area (Å²) in [6, 6.07) is 5.18. The van der Waals surface area contributed by atoms with Crippen molar-refractivity contribution in [1.29, 1.82) is 0 Å². The molecule has 0 fully saturated rings. The minimum Gasteiger partial charge on any atom is -0.399 e. The summed E-state index contributed by atoms with van der Waals surface area (Å²) in [6.07, 6.45) is -1.45. The fourth-order valence-corrected chi connectivity index (χ4v) is 2.23. The highest BCUT2D eigenvalue weighted by molar-refractivity contribution is 8.13. The van der Waals surface area contributed by atoms with Crippen LogP contribution in [0.25, 0.3) is 0 Å². The maximum Gasteiger partial charge on any atom is 0.185 e. The Labute approximate surface area is 111 Å². The van der Waals surface area contributed by atoms with Gasteiger partial charge in [0.05, 0.1) is 6.10 Å². The second kappa shape index (κ2) is 6.78. The van der Waals surface area contributed by atoms with Crippen LogP contribution in [-0.2, 0) is 4.79 Å². The van der Waals surface area contributed by atoms with Gasteiger partial charge in [0.2, 0.25) is 0 Å². The van der Waals surface area contributed by atoms with Crippen molar-refractivity contribution in [2.75, 3.05) is 11.5 Å². The summed E-state index contributed by atoms with van der Waals surface area (Å²) >= 11 is 1.15. The molecule has 0 aromatic heterocycles. The Morgan fingerprint density at radius 2 is 2.11 bits per heavy atom. The molecule has 5 heteroatoms. The van der Waals surface area contributed by atoms with Crippen LogP contribution >= 0.6 is 11.8 Å². The van der Waals surface area contributed by atoms with Gasteiger partial charge in [0.1, 0.15) is 6.10 Å². The number of thioether (sulfide) groups is 1. The lowest BCUT2D eigenvalue weighted by molar-refractivity contribution is -0.109. The van der Waals surface area contributed by atoms with Crippen LogP contribution in [0.4, 0.5) is 5.69 Å². The number of anilines is 1. The van der Waals surface area contributed by atoms with Crippen LogP contribution in [0.2, 0.25) is 0 Å². The lowest BCUT2D eigenvalue weighted by Crippen LogP contribution is -2.19. The van der Waals surface area contributed by atoms with Crippen LogP contribution in [0.15, 0.2) is 18.2 Å². The van der Waals surface area contributed by atoms with Gasteiger partial charge in [-0.1, -0.05) is 23.9 Å². The van der Waals surface area contributed by atoms with Gasteiger partial charge in [-0.2, -0.15) is 0 Å². The maximum atomic E-state index is 10.8. The number of hydrogen-bond donors (Lipinski definition) is 3. The molecule has 100 valence electrons. The number of aryl methyl sites for hydroxylation is 1. The second-order valence-electron chi connectivity index (χ2n) is 4.26. The van der Waals surface area contributed by atoms with Gasteiger partial charge in [-0.3, -0.25) is 4.79 Å². The monoisotopic (exact) mass is 269 g/mol. The lowest BCUT2D eigenvalue weighted by Gasteiger charge is -2.18. The molecule has 4 nitrogen and oxygen atoms in total. The van der Waals surface area contributed by atoms with E-state index in [1.807, 2.05) is 6.92 Å². The van der Waals surface area contributed by atoms with Gasteiger partial charge in [-0.15, -0.1) is 0 Å². The lowest BCUT2D eigenvalue weighted by atomic mass is 10.0. The molecular weight excluding hydrogens is 250 g/mol. The van der Waals surface area contributed by atoms with Gasteiger partial charge in [0.15, 0.2) is 5.12 Å². The first-order valence-corrected chi connectivity index (χ1v) is 6.76. The average Bonchev–Trinajstić information content (AvgIpc) is 2.31. The molecule has 0 heterocycles. The number of carbonyl (C=O) groups excluding carboxylic acids is 1. The van der Waals surface area contributed by atoms with Crippen molar-refractivity contribution in [3.8, 4) is 0 Å². The summed E-state index contributed by atoms with van der Waals surface area (Å²) < 4.78 is 0. The molecule has 0 saturated heterocycles.